The summed E-state index contributed by atoms with van der Waals surface area (Å²) in [6.07, 6.45) is -0.0485. The van der Waals surface area contributed by atoms with Crippen LogP contribution in [-0.2, 0) is 29.7 Å². The number of fused-ring (bicyclic) bond motifs is 3. The van der Waals surface area contributed by atoms with Gasteiger partial charge in [0, 0.05) is 31.5 Å². The molecule has 0 atom stereocenters. The van der Waals surface area contributed by atoms with Gasteiger partial charge in [0.2, 0.25) is 5.78 Å². The quantitative estimate of drug-likeness (QED) is 0.635. The van der Waals surface area contributed by atoms with Crippen LogP contribution in [0.15, 0.2) is 9.59 Å². The highest BCUT2D eigenvalue weighted by Crippen LogP contribution is 2.20. The Labute approximate surface area is 143 Å². The Balaban J connectivity index is 2.38. The molecule has 0 aliphatic carbocycles. The first kappa shape index (κ1) is 17.0. The Morgan fingerprint density at radius 1 is 1.16 bits per heavy atom. The number of ether oxygens (including phenoxy) is 1. The molecule has 0 bridgehead atoms. The van der Waals surface area contributed by atoms with Crippen LogP contribution >= 0.6 is 0 Å². The van der Waals surface area contributed by atoms with Crippen molar-refractivity contribution in [3.63, 3.8) is 0 Å². The zero-order chi connectivity index (χ0) is 18.5. The number of carbonyl (C=O) groups is 1. The van der Waals surface area contributed by atoms with Gasteiger partial charge >= 0.3 is 11.7 Å². The number of aromatic nitrogens is 5. The maximum atomic E-state index is 13.0. The minimum atomic E-state index is -0.500. The maximum absolute atomic E-state index is 13.0. The van der Waals surface area contributed by atoms with E-state index in [1.54, 1.807) is 11.4 Å². The van der Waals surface area contributed by atoms with Crippen molar-refractivity contribution in [2.75, 3.05) is 7.11 Å². The fraction of sp³-hybridized carbons (Fsp3) is 0.500. The zero-order valence-electron chi connectivity index (χ0n) is 15.0. The number of rotatable bonds is 4. The van der Waals surface area contributed by atoms with Gasteiger partial charge in [-0.25, -0.2) is 4.79 Å². The van der Waals surface area contributed by atoms with E-state index in [1.807, 2.05) is 25.3 Å². The molecule has 3 aromatic rings. The second kappa shape index (κ2) is 5.91. The van der Waals surface area contributed by atoms with Crippen LogP contribution < -0.4 is 11.2 Å². The molecule has 0 amide bonds. The average molecular weight is 347 g/mol. The van der Waals surface area contributed by atoms with Crippen LogP contribution in [0.3, 0.4) is 0 Å². The van der Waals surface area contributed by atoms with E-state index in [9.17, 15) is 14.4 Å². The molecule has 0 aromatic carbocycles. The Kier molecular flexibility index (Phi) is 4.02. The molecule has 0 radical (unpaired) electrons. The number of aryl methyl sites for hydroxylation is 3. The van der Waals surface area contributed by atoms with Gasteiger partial charge in [-0.15, -0.1) is 0 Å². The molecule has 0 aliphatic rings. The van der Waals surface area contributed by atoms with Crippen LogP contribution in [0, 0.1) is 13.8 Å². The normalized spacial score (nSPS) is 11.6. The number of nitrogens with zero attached hydrogens (tertiary/aromatic N) is 5. The number of hydrogen-bond donors (Lipinski definition) is 0. The lowest BCUT2D eigenvalue weighted by Crippen LogP contribution is -2.40. The third kappa shape index (κ3) is 2.30. The molecule has 0 N–H and O–H groups in total. The van der Waals surface area contributed by atoms with E-state index >= 15 is 0 Å². The van der Waals surface area contributed by atoms with Crippen molar-refractivity contribution in [3.05, 3.63) is 32.2 Å². The van der Waals surface area contributed by atoms with Gasteiger partial charge in [0.15, 0.2) is 11.2 Å². The molecular formula is C16H21N5O4. The van der Waals surface area contributed by atoms with Crippen molar-refractivity contribution in [1.29, 1.82) is 0 Å². The van der Waals surface area contributed by atoms with Crippen molar-refractivity contribution in [2.24, 2.45) is 7.05 Å². The van der Waals surface area contributed by atoms with E-state index < -0.39 is 17.2 Å². The predicted molar refractivity (Wildman–Crippen MR) is 92.0 cm³/mol. The second-order valence-corrected chi connectivity index (χ2v) is 5.96. The van der Waals surface area contributed by atoms with Crippen LogP contribution in [-0.4, -0.2) is 36.2 Å². The van der Waals surface area contributed by atoms with Crippen LogP contribution in [0.5, 0.6) is 0 Å². The van der Waals surface area contributed by atoms with Crippen LogP contribution in [0.25, 0.3) is 16.9 Å². The van der Waals surface area contributed by atoms with Crippen molar-refractivity contribution in [2.45, 2.75) is 40.3 Å². The van der Waals surface area contributed by atoms with Gasteiger partial charge in [0.1, 0.15) is 0 Å². The third-order valence-electron chi connectivity index (χ3n) is 4.71. The standard InChI is InChI=1S/C16H21N5O4/c1-6-19-9(2)10(3)21-12-13(17-15(19)21)18(4)16(24)20(14(12)23)8-7-11(22)25-5/h6-8H2,1-5H3. The van der Waals surface area contributed by atoms with Gasteiger partial charge in [-0.1, -0.05) is 0 Å². The fourth-order valence-corrected chi connectivity index (χ4v) is 3.20. The summed E-state index contributed by atoms with van der Waals surface area (Å²) in [6.45, 7) is 6.56. The topological polar surface area (TPSA) is 92.5 Å². The first-order chi connectivity index (χ1) is 11.8. The molecule has 0 unspecified atom stereocenters. The Bertz CT molecular complexity index is 1110. The SMILES string of the molecule is CCn1c(C)c(C)n2c3c(=O)n(CCC(=O)OC)c(=O)n(C)c3nc12. The number of imidazole rings is 2. The lowest BCUT2D eigenvalue weighted by molar-refractivity contribution is -0.140. The number of carbonyl (C=O) groups excluding carboxylic acids is 1. The van der Waals surface area contributed by atoms with Crippen molar-refractivity contribution in [1.82, 2.24) is 23.1 Å². The Hall–Kier alpha value is -2.84. The van der Waals surface area contributed by atoms with Crippen LogP contribution in [0.2, 0.25) is 0 Å². The Morgan fingerprint density at radius 2 is 1.84 bits per heavy atom. The summed E-state index contributed by atoms with van der Waals surface area (Å²) in [4.78, 5) is 41.4. The van der Waals surface area contributed by atoms with Gasteiger partial charge < -0.3 is 9.30 Å². The molecule has 0 saturated heterocycles. The van der Waals surface area contributed by atoms with Crippen LogP contribution in [0.1, 0.15) is 24.7 Å². The fourth-order valence-electron chi connectivity index (χ4n) is 3.20. The molecule has 9 nitrogen and oxygen atoms in total. The third-order valence-corrected chi connectivity index (χ3v) is 4.71. The highest BCUT2D eigenvalue weighted by atomic mass is 16.5. The molecule has 3 aromatic heterocycles. The first-order valence-corrected chi connectivity index (χ1v) is 8.07. The summed E-state index contributed by atoms with van der Waals surface area (Å²) in [5.41, 5.74) is 1.64. The maximum Gasteiger partial charge on any atom is 0.332 e. The molecule has 0 aliphatic heterocycles. The molecule has 3 heterocycles. The molecule has 9 heteroatoms. The van der Waals surface area contributed by atoms with Gasteiger partial charge in [-0.3, -0.25) is 23.1 Å². The van der Waals surface area contributed by atoms with E-state index in [-0.39, 0.29) is 13.0 Å². The van der Waals surface area contributed by atoms with Crippen molar-refractivity contribution in [3.8, 4) is 0 Å². The highest BCUT2D eigenvalue weighted by Gasteiger charge is 2.22. The van der Waals surface area contributed by atoms with Crippen molar-refractivity contribution < 1.29 is 9.53 Å². The van der Waals surface area contributed by atoms with Crippen molar-refractivity contribution >= 4 is 22.9 Å². The van der Waals surface area contributed by atoms with Crippen LogP contribution in [0.4, 0.5) is 0 Å². The number of hydrogen-bond acceptors (Lipinski definition) is 5. The highest BCUT2D eigenvalue weighted by molar-refractivity contribution is 5.76. The van der Waals surface area contributed by atoms with Gasteiger partial charge in [0.25, 0.3) is 5.56 Å². The molecule has 0 spiro atoms. The van der Waals surface area contributed by atoms with Gasteiger partial charge in [0.05, 0.1) is 13.5 Å². The van der Waals surface area contributed by atoms with E-state index in [4.69, 9.17) is 0 Å². The van der Waals surface area contributed by atoms with Gasteiger partial charge in [-0.05, 0) is 20.8 Å². The Morgan fingerprint density at radius 3 is 2.44 bits per heavy atom. The largest absolute Gasteiger partial charge is 0.469 e. The molecule has 25 heavy (non-hydrogen) atoms. The summed E-state index contributed by atoms with van der Waals surface area (Å²) in [7, 11) is 2.84. The van der Waals surface area contributed by atoms with E-state index in [2.05, 4.69) is 9.72 Å². The van der Waals surface area contributed by atoms with E-state index in [1.165, 1.54) is 11.7 Å². The molecule has 134 valence electrons. The lowest BCUT2D eigenvalue weighted by Gasteiger charge is -2.07. The monoisotopic (exact) mass is 347 g/mol. The summed E-state index contributed by atoms with van der Waals surface area (Å²) in [6, 6.07) is 0. The molecule has 0 saturated carbocycles. The predicted octanol–water partition coefficient (Wildman–Crippen LogP) is 0.349. The number of esters is 1. The van der Waals surface area contributed by atoms with E-state index in [0.717, 1.165) is 16.0 Å². The summed E-state index contributed by atoms with van der Waals surface area (Å²) < 4.78 is 10.8. The molecule has 3 rings (SSSR count). The molecular weight excluding hydrogens is 326 g/mol. The average Bonchev–Trinajstić information content (AvgIpc) is 3.09. The lowest BCUT2D eigenvalue weighted by atomic mass is 10.3. The smallest absolute Gasteiger partial charge is 0.332 e. The number of methoxy groups -OCH3 is 1. The van der Waals surface area contributed by atoms with E-state index in [0.29, 0.717) is 23.5 Å². The first-order valence-electron chi connectivity index (χ1n) is 8.07. The summed E-state index contributed by atoms with van der Waals surface area (Å²) in [5, 5.41) is 0. The molecule has 0 fully saturated rings. The summed E-state index contributed by atoms with van der Waals surface area (Å²) in [5.74, 6) is 0.155. The zero-order valence-corrected chi connectivity index (χ0v) is 15.0. The minimum Gasteiger partial charge on any atom is -0.469 e. The second-order valence-electron chi connectivity index (χ2n) is 5.96. The summed E-state index contributed by atoms with van der Waals surface area (Å²) >= 11 is 0. The van der Waals surface area contributed by atoms with Gasteiger partial charge in [-0.2, -0.15) is 4.98 Å². The minimum absolute atomic E-state index is 0.0339.